The Hall–Kier alpha value is -3.81. The van der Waals surface area contributed by atoms with Gasteiger partial charge in [0, 0.05) is 35.2 Å². The third-order valence-corrected chi connectivity index (χ3v) is 4.06. The molecule has 3 rings (SSSR count). The van der Waals surface area contributed by atoms with Gasteiger partial charge in [-0.2, -0.15) is 0 Å². The monoisotopic (exact) mass is 365 g/mol. The van der Waals surface area contributed by atoms with Gasteiger partial charge in [0.05, 0.1) is 21.7 Å². The normalized spacial score (nSPS) is 10.6. The molecule has 0 bridgehead atoms. The number of nitro benzene ring substituents is 1. The number of aromatic carboxylic acids is 1. The van der Waals surface area contributed by atoms with Gasteiger partial charge in [-0.15, -0.1) is 0 Å². The minimum Gasteiger partial charge on any atom is -0.478 e. The van der Waals surface area contributed by atoms with E-state index in [0.717, 1.165) is 0 Å². The number of nitrogens with zero attached hydrogens (tertiary/aromatic N) is 2. The van der Waals surface area contributed by atoms with Crippen molar-refractivity contribution in [2.75, 3.05) is 5.32 Å². The summed E-state index contributed by atoms with van der Waals surface area (Å²) in [6.45, 7) is 2.99. The molecule has 8 nitrogen and oxygen atoms in total. The lowest BCUT2D eigenvalue weighted by atomic mass is 10.0. The smallest absolute Gasteiger partial charge is 0.336 e. The van der Waals surface area contributed by atoms with Crippen molar-refractivity contribution in [1.29, 1.82) is 0 Å². The van der Waals surface area contributed by atoms with Crippen molar-refractivity contribution in [1.82, 2.24) is 4.98 Å². The summed E-state index contributed by atoms with van der Waals surface area (Å²) in [6, 6.07) is 10.7. The summed E-state index contributed by atoms with van der Waals surface area (Å²) >= 11 is 0. The highest BCUT2D eigenvalue weighted by molar-refractivity contribution is 6.05. The van der Waals surface area contributed by atoms with Crippen LogP contribution < -0.4 is 5.32 Å². The van der Waals surface area contributed by atoms with Crippen molar-refractivity contribution >= 4 is 34.2 Å². The first-order valence-electron chi connectivity index (χ1n) is 7.97. The van der Waals surface area contributed by atoms with Crippen LogP contribution in [-0.2, 0) is 4.79 Å². The molecule has 1 heterocycles. The standard InChI is InChI=1S/C19H15N3O5/c1-10-3-4-12(7-18(10)22(26)27)16-9-15(19(24)25)14-6-5-13(20-11(2)23)8-17(14)21-16/h3-9H,1-2H3,(H,20,23)(H,24,25). The van der Waals surface area contributed by atoms with Crippen LogP contribution in [-0.4, -0.2) is 26.9 Å². The van der Waals surface area contributed by atoms with Crippen LogP contribution >= 0.6 is 0 Å². The second kappa shape index (κ2) is 6.83. The van der Waals surface area contributed by atoms with Crippen LogP contribution in [0, 0.1) is 17.0 Å². The number of pyridine rings is 1. The van der Waals surface area contributed by atoms with Crippen LogP contribution in [0.4, 0.5) is 11.4 Å². The first-order valence-corrected chi connectivity index (χ1v) is 7.97. The number of benzene rings is 2. The third kappa shape index (κ3) is 3.59. The third-order valence-electron chi connectivity index (χ3n) is 4.06. The van der Waals surface area contributed by atoms with Crippen molar-refractivity contribution in [3.8, 4) is 11.3 Å². The zero-order valence-corrected chi connectivity index (χ0v) is 14.5. The summed E-state index contributed by atoms with van der Waals surface area (Å²) in [7, 11) is 0. The van der Waals surface area contributed by atoms with Gasteiger partial charge in [0.1, 0.15) is 0 Å². The van der Waals surface area contributed by atoms with E-state index in [1.165, 1.54) is 19.1 Å². The summed E-state index contributed by atoms with van der Waals surface area (Å²) in [6.07, 6.45) is 0. The number of aryl methyl sites for hydroxylation is 1. The quantitative estimate of drug-likeness (QED) is 0.536. The Kier molecular flexibility index (Phi) is 4.55. The molecule has 0 fully saturated rings. The topological polar surface area (TPSA) is 122 Å². The molecule has 0 atom stereocenters. The van der Waals surface area contributed by atoms with Crippen LogP contribution in [0.25, 0.3) is 22.2 Å². The average molecular weight is 365 g/mol. The molecular weight excluding hydrogens is 350 g/mol. The molecule has 0 aliphatic carbocycles. The maximum absolute atomic E-state index is 11.7. The summed E-state index contributed by atoms with van der Waals surface area (Å²) < 4.78 is 0. The first kappa shape index (κ1) is 18.0. The largest absolute Gasteiger partial charge is 0.478 e. The fraction of sp³-hybridized carbons (Fsp3) is 0.105. The summed E-state index contributed by atoms with van der Waals surface area (Å²) in [5, 5.41) is 23.8. The minimum atomic E-state index is -1.14. The van der Waals surface area contributed by atoms with Gasteiger partial charge in [0.2, 0.25) is 5.91 Å². The SMILES string of the molecule is CC(=O)Nc1ccc2c(C(=O)O)cc(-c3ccc(C)c([N+](=O)[O-])c3)nc2c1. The number of carbonyl (C=O) groups excluding carboxylic acids is 1. The van der Waals surface area contributed by atoms with E-state index < -0.39 is 10.9 Å². The molecule has 1 aromatic heterocycles. The zero-order valence-electron chi connectivity index (χ0n) is 14.5. The fourth-order valence-electron chi connectivity index (χ4n) is 2.80. The highest BCUT2D eigenvalue weighted by atomic mass is 16.6. The van der Waals surface area contributed by atoms with Crippen molar-refractivity contribution < 1.29 is 19.6 Å². The lowest BCUT2D eigenvalue weighted by Crippen LogP contribution is -2.06. The van der Waals surface area contributed by atoms with Crippen molar-refractivity contribution in [3.63, 3.8) is 0 Å². The average Bonchev–Trinajstić information content (AvgIpc) is 2.60. The highest BCUT2D eigenvalue weighted by Gasteiger charge is 2.17. The molecule has 3 aromatic rings. The van der Waals surface area contributed by atoms with Crippen molar-refractivity contribution in [3.05, 3.63) is 63.7 Å². The number of nitro groups is 1. The first-order chi connectivity index (χ1) is 12.8. The highest BCUT2D eigenvalue weighted by Crippen LogP contribution is 2.30. The molecule has 2 N–H and O–H groups in total. The summed E-state index contributed by atoms with van der Waals surface area (Å²) in [5.41, 5.74) is 2.01. The van der Waals surface area contributed by atoms with Crippen LogP contribution in [0.1, 0.15) is 22.8 Å². The number of aromatic nitrogens is 1. The van der Waals surface area contributed by atoms with Gasteiger partial charge in [0.25, 0.3) is 5.69 Å². The Morgan fingerprint density at radius 2 is 1.89 bits per heavy atom. The number of hydrogen-bond acceptors (Lipinski definition) is 5. The summed E-state index contributed by atoms with van der Waals surface area (Å²) in [5.74, 6) is -1.41. The van der Waals surface area contributed by atoms with Gasteiger partial charge < -0.3 is 10.4 Å². The molecule has 1 amide bonds. The van der Waals surface area contributed by atoms with E-state index in [2.05, 4.69) is 10.3 Å². The fourth-order valence-corrected chi connectivity index (χ4v) is 2.80. The molecule has 0 saturated carbocycles. The second-order valence-corrected chi connectivity index (χ2v) is 6.03. The Bertz CT molecular complexity index is 1110. The van der Waals surface area contributed by atoms with E-state index in [4.69, 9.17) is 0 Å². The van der Waals surface area contributed by atoms with Crippen molar-refractivity contribution in [2.24, 2.45) is 0 Å². The second-order valence-electron chi connectivity index (χ2n) is 6.03. The van der Waals surface area contributed by atoms with E-state index in [1.807, 2.05) is 0 Å². The maximum atomic E-state index is 11.7. The van der Waals surface area contributed by atoms with Crippen LogP contribution in [0.3, 0.4) is 0 Å². The van der Waals surface area contributed by atoms with Gasteiger partial charge in [-0.1, -0.05) is 12.1 Å². The predicted molar refractivity (Wildman–Crippen MR) is 99.8 cm³/mol. The number of rotatable bonds is 4. The Labute approximate surface area is 153 Å². The molecule has 0 unspecified atom stereocenters. The Morgan fingerprint density at radius 3 is 2.52 bits per heavy atom. The molecule has 0 spiro atoms. The number of hydrogen-bond donors (Lipinski definition) is 2. The molecule has 0 radical (unpaired) electrons. The van der Waals surface area contributed by atoms with E-state index in [-0.39, 0.29) is 17.2 Å². The molecule has 0 aliphatic rings. The van der Waals surface area contributed by atoms with Crippen LogP contribution in [0.2, 0.25) is 0 Å². The van der Waals surface area contributed by atoms with E-state index >= 15 is 0 Å². The van der Waals surface area contributed by atoms with Gasteiger partial charge in [-0.05, 0) is 31.2 Å². The zero-order chi connectivity index (χ0) is 19.7. The lowest BCUT2D eigenvalue weighted by molar-refractivity contribution is -0.385. The van der Waals surface area contributed by atoms with Gasteiger partial charge in [0.15, 0.2) is 0 Å². The number of fused-ring (bicyclic) bond motifs is 1. The Balaban J connectivity index is 2.24. The van der Waals surface area contributed by atoms with E-state index in [0.29, 0.717) is 33.4 Å². The lowest BCUT2D eigenvalue weighted by Gasteiger charge is -2.10. The predicted octanol–water partition coefficient (Wildman–Crippen LogP) is 3.78. The number of anilines is 1. The van der Waals surface area contributed by atoms with Crippen molar-refractivity contribution in [2.45, 2.75) is 13.8 Å². The van der Waals surface area contributed by atoms with Gasteiger partial charge in [-0.3, -0.25) is 14.9 Å². The molecule has 0 saturated heterocycles. The minimum absolute atomic E-state index is 0.0209. The van der Waals surface area contributed by atoms with Crippen LogP contribution in [0.15, 0.2) is 42.5 Å². The molecule has 2 aromatic carbocycles. The number of carbonyl (C=O) groups is 2. The summed E-state index contributed by atoms with van der Waals surface area (Å²) in [4.78, 5) is 38.1. The molecule has 8 heteroatoms. The maximum Gasteiger partial charge on any atom is 0.336 e. The Morgan fingerprint density at radius 1 is 1.15 bits per heavy atom. The molecule has 0 aliphatic heterocycles. The number of amides is 1. The number of carboxylic acids is 1. The van der Waals surface area contributed by atoms with Gasteiger partial charge >= 0.3 is 5.97 Å². The van der Waals surface area contributed by atoms with E-state index in [1.54, 1.807) is 37.3 Å². The van der Waals surface area contributed by atoms with E-state index in [9.17, 15) is 24.8 Å². The number of nitrogens with one attached hydrogen (secondary N) is 1. The number of carboxylic acid groups (broad SMARTS) is 1. The molecule has 136 valence electrons. The van der Waals surface area contributed by atoms with Crippen LogP contribution in [0.5, 0.6) is 0 Å². The van der Waals surface area contributed by atoms with Gasteiger partial charge in [-0.25, -0.2) is 9.78 Å². The molecular formula is C19H15N3O5. The molecule has 27 heavy (non-hydrogen) atoms.